The number of halogens is 2. The van der Waals surface area contributed by atoms with E-state index in [0.29, 0.717) is 6.54 Å². The van der Waals surface area contributed by atoms with E-state index < -0.39 is 0 Å². The van der Waals surface area contributed by atoms with Crippen LogP contribution in [0.5, 0.6) is 5.75 Å². The molecule has 1 aliphatic carbocycles. The maximum atomic E-state index is 6.02. The molecular weight excluding hydrogens is 370 g/mol. The lowest BCUT2D eigenvalue weighted by Crippen LogP contribution is -2.15. The number of ether oxygens (including phenoxy) is 1. The van der Waals surface area contributed by atoms with Crippen molar-refractivity contribution in [2.24, 2.45) is 11.7 Å². The van der Waals surface area contributed by atoms with E-state index in [1.807, 2.05) is 0 Å². The molecule has 1 saturated carbocycles. The molecule has 0 radical (unpaired) electrons. The van der Waals surface area contributed by atoms with Gasteiger partial charge in [-0.1, -0.05) is 19.3 Å². The van der Waals surface area contributed by atoms with Crippen molar-refractivity contribution in [1.29, 1.82) is 0 Å². The topological polar surface area (TPSA) is 35.2 Å². The molecule has 0 spiro atoms. The number of nitrogens with two attached hydrogens (primary N) is 1. The fraction of sp³-hybridized carbons (Fsp3) is 0.600. The Bertz CT molecular complexity index is 394. The van der Waals surface area contributed by atoms with Crippen LogP contribution in [0.15, 0.2) is 21.1 Å². The van der Waals surface area contributed by atoms with Crippen molar-refractivity contribution in [3.8, 4) is 5.75 Å². The van der Waals surface area contributed by atoms with Gasteiger partial charge in [-0.25, -0.2) is 0 Å². The van der Waals surface area contributed by atoms with Crippen molar-refractivity contribution in [3.05, 3.63) is 26.6 Å². The largest absolute Gasteiger partial charge is 0.491 e. The summed E-state index contributed by atoms with van der Waals surface area (Å²) >= 11 is 7.19. The Morgan fingerprint density at radius 3 is 2.32 bits per heavy atom. The van der Waals surface area contributed by atoms with Crippen LogP contribution in [0.2, 0.25) is 0 Å². The Hall–Kier alpha value is -0.0600. The third kappa shape index (κ3) is 4.47. The third-order valence-corrected chi connectivity index (χ3v) is 4.86. The molecule has 0 unspecified atom stereocenters. The molecule has 0 atom stereocenters. The molecular formula is C15H21Br2NO. The molecule has 0 bridgehead atoms. The van der Waals surface area contributed by atoms with Crippen LogP contribution in [0.4, 0.5) is 0 Å². The molecule has 2 nitrogen and oxygen atoms in total. The van der Waals surface area contributed by atoms with Gasteiger partial charge in [0.15, 0.2) is 0 Å². The molecule has 0 amide bonds. The van der Waals surface area contributed by atoms with Crippen molar-refractivity contribution < 1.29 is 4.74 Å². The Kier molecular flexibility index (Phi) is 6.17. The first-order valence-electron chi connectivity index (χ1n) is 7.01. The monoisotopic (exact) mass is 389 g/mol. The molecule has 1 fully saturated rings. The Labute approximate surface area is 132 Å². The fourth-order valence-electron chi connectivity index (χ4n) is 2.62. The predicted molar refractivity (Wildman–Crippen MR) is 86.7 cm³/mol. The number of hydrogen-bond donors (Lipinski definition) is 1. The average molecular weight is 391 g/mol. The first-order chi connectivity index (χ1) is 9.20. The highest BCUT2D eigenvalue weighted by Gasteiger charge is 2.16. The van der Waals surface area contributed by atoms with E-state index in [1.54, 1.807) is 0 Å². The van der Waals surface area contributed by atoms with E-state index in [-0.39, 0.29) is 0 Å². The van der Waals surface area contributed by atoms with Crippen molar-refractivity contribution in [1.82, 2.24) is 0 Å². The van der Waals surface area contributed by atoms with Crippen LogP contribution in [0.1, 0.15) is 37.7 Å². The molecule has 4 heteroatoms. The van der Waals surface area contributed by atoms with E-state index >= 15 is 0 Å². The SMILES string of the molecule is NCCc1cc(Br)c(OCC2CCCCC2)c(Br)c1. The Balaban J connectivity index is 1.99. The number of hydrogen-bond acceptors (Lipinski definition) is 2. The molecule has 1 aromatic rings. The van der Waals surface area contributed by atoms with Crippen LogP contribution < -0.4 is 10.5 Å². The zero-order valence-corrected chi connectivity index (χ0v) is 14.3. The summed E-state index contributed by atoms with van der Waals surface area (Å²) in [5, 5.41) is 0. The van der Waals surface area contributed by atoms with E-state index in [9.17, 15) is 0 Å². The highest BCUT2D eigenvalue weighted by atomic mass is 79.9. The molecule has 19 heavy (non-hydrogen) atoms. The van der Waals surface area contributed by atoms with E-state index in [1.165, 1.54) is 37.7 Å². The van der Waals surface area contributed by atoms with Crippen LogP contribution in [0.25, 0.3) is 0 Å². The minimum atomic E-state index is 0.668. The predicted octanol–water partition coefficient (Wildman–Crippen LogP) is 4.67. The Morgan fingerprint density at radius 1 is 1.11 bits per heavy atom. The summed E-state index contributed by atoms with van der Waals surface area (Å²) in [5.74, 6) is 1.64. The summed E-state index contributed by atoms with van der Waals surface area (Å²) in [4.78, 5) is 0. The molecule has 2 rings (SSSR count). The lowest BCUT2D eigenvalue weighted by molar-refractivity contribution is 0.207. The number of rotatable bonds is 5. The van der Waals surface area contributed by atoms with Crippen LogP contribution in [-0.2, 0) is 6.42 Å². The van der Waals surface area contributed by atoms with E-state index in [4.69, 9.17) is 10.5 Å². The lowest BCUT2D eigenvalue weighted by Gasteiger charge is -2.22. The Morgan fingerprint density at radius 2 is 1.74 bits per heavy atom. The molecule has 0 aromatic heterocycles. The van der Waals surface area contributed by atoms with Crippen molar-refractivity contribution in [2.75, 3.05) is 13.2 Å². The third-order valence-electron chi connectivity index (χ3n) is 3.68. The quantitative estimate of drug-likeness (QED) is 0.792. The van der Waals surface area contributed by atoms with Gasteiger partial charge < -0.3 is 10.5 Å². The minimum absolute atomic E-state index is 0.668. The maximum absolute atomic E-state index is 6.02. The zero-order valence-electron chi connectivity index (χ0n) is 11.1. The molecule has 0 heterocycles. The van der Waals surface area contributed by atoms with Gasteiger partial charge in [0, 0.05) is 0 Å². The van der Waals surface area contributed by atoms with Crippen LogP contribution >= 0.6 is 31.9 Å². The molecule has 0 saturated heterocycles. The van der Waals surface area contributed by atoms with Gasteiger partial charge in [0.05, 0.1) is 15.6 Å². The van der Waals surface area contributed by atoms with Crippen LogP contribution in [0, 0.1) is 5.92 Å². The van der Waals surface area contributed by atoms with Gasteiger partial charge in [-0.15, -0.1) is 0 Å². The normalized spacial score (nSPS) is 16.6. The van der Waals surface area contributed by atoms with Crippen molar-refractivity contribution in [2.45, 2.75) is 38.5 Å². The standard InChI is InChI=1S/C15H21Br2NO/c16-13-8-12(6-7-18)9-14(17)15(13)19-10-11-4-2-1-3-5-11/h8-9,11H,1-7,10,18H2. The van der Waals surface area contributed by atoms with Gasteiger partial charge in [-0.3, -0.25) is 0 Å². The van der Waals surface area contributed by atoms with Gasteiger partial charge in [-0.2, -0.15) is 0 Å². The second-order valence-corrected chi connectivity index (χ2v) is 6.95. The van der Waals surface area contributed by atoms with Gasteiger partial charge in [-0.05, 0) is 81.3 Å². The summed E-state index contributed by atoms with van der Waals surface area (Å²) in [6.07, 6.45) is 7.59. The molecule has 1 aromatic carbocycles. The second-order valence-electron chi connectivity index (χ2n) is 5.24. The molecule has 2 N–H and O–H groups in total. The van der Waals surface area contributed by atoms with Crippen LogP contribution in [-0.4, -0.2) is 13.2 Å². The van der Waals surface area contributed by atoms with Gasteiger partial charge >= 0.3 is 0 Å². The number of benzene rings is 1. The van der Waals surface area contributed by atoms with Gasteiger partial charge in [0.2, 0.25) is 0 Å². The minimum Gasteiger partial charge on any atom is -0.491 e. The zero-order chi connectivity index (χ0) is 13.7. The van der Waals surface area contributed by atoms with Crippen molar-refractivity contribution in [3.63, 3.8) is 0 Å². The smallest absolute Gasteiger partial charge is 0.147 e. The second kappa shape index (κ2) is 7.65. The highest BCUT2D eigenvalue weighted by molar-refractivity contribution is 9.11. The van der Waals surface area contributed by atoms with Gasteiger partial charge in [0.25, 0.3) is 0 Å². The molecule has 1 aliphatic rings. The first kappa shape index (κ1) is 15.3. The summed E-state index contributed by atoms with van der Waals surface area (Å²) in [6, 6.07) is 4.21. The lowest BCUT2D eigenvalue weighted by atomic mass is 9.90. The average Bonchev–Trinajstić information content (AvgIpc) is 2.39. The summed E-state index contributed by atoms with van der Waals surface area (Å²) in [7, 11) is 0. The van der Waals surface area contributed by atoms with Crippen LogP contribution in [0.3, 0.4) is 0 Å². The first-order valence-corrected chi connectivity index (χ1v) is 8.60. The summed E-state index contributed by atoms with van der Waals surface area (Å²) in [5.41, 5.74) is 6.82. The highest BCUT2D eigenvalue weighted by Crippen LogP contribution is 2.36. The fourth-order valence-corrected chi connectivity index (χ4v) is 4.13. The van der Waals surface area contributed by atoms with E-state index in [2.05, 4.69) is 44.0 Å². The molecule has 0 aliphatic heterocycles. The van der Waals surface area contributed by atoms with E-state index in [0.717, 1.165) is 33.6 Å². The maximum Gasteiger partial charge on any atom is 0.147 e. The van der Waals surface area contributed by atoms with Gasteiger partial charge in [0.1, 0.15) is 5.75 Å². The summed E-state index contributed by atoms with van der Waals surface area (Å²) in [6.45, 7) is 1.49. The summed E-state index contributed by atoms with van der Waals surface area (Å²) < 4.78 is 8.05. The molecule has 106 valence electrons. The van der Waals surface area contributed by atoms with Crippen molar-refractivity contribution >= 4 is 31.9 Å².